The minimum Gasteiger partial charge on any atom is -0.453 e. The highest BCUT2D eigenvalue weighted by Gasteiger charge is 2.52. The number of ether oxygens (including phenoxy) is 2. The Hall–Kier alpha value is -5.75. The molecular formula is C43H47N7O5. The lowest BCUT2D eigenvalue weighted by atomic mass is 9.78. The largest absolute Gasteiger partial charge is 0.453 e. The number of amides is 3. The SMILES string of the molecule is COC(=O)N[C@H](C(=O)N1CCCC1c1ncc(-c2ccc(-c3ccc(-c4cnc([C@H]5C6CCC(C6)[C@@H]5C(=O)Nc5ccccc5)[nH]4)cc3)cc2)[nH]1)[C@@H](C)OC. The van der Waals surface area contributed by atoms with E-state index in [0.717, 1.165) is 77.3 Å². The van der Waals surface area contributed by atoms with Gasteiger partial charge in [0.1, 0.15) is 17.7 Å². The quantitative estimate of drug-likeness (QED) is 0.111. The Morgan fingerprint density at radius 1 is 0.782 bits per heavy atom. The summed E-state index contributed by atoms with van der Waals surface area (Å²) in [6.45, 7) is 2.30. The first kappa shape index (κ1) is 36.2. The Labute approximate surface area is 320 Å². The Balaban J connectivity index is 0.929. The van der Waals surface area contributed by atoms with E-state index in [-0.39, 0.29) is 29.7 Å². The van der Waals surface area contributed by atoms with Crippen LogP contribution in [0, 0.1) is 17.8 Å². The second kappa shape index (κ2) is 15.5. The lowest BCUT2D eigenvalue weighted by molar-refractivity contribution is -0.137. The Morgan fingerprint density at radius 2 is 1.38 bits per heavy atom. The van der Waals surface area contributed by atoms with Gasteiger partial charge in [0.05, 0.1) is 49.0 Å². The number of aromatic nitrogens is 4. The molecule has 12 heteroatoms. The van der Waals surface area contributed by atoms with Crippen LogP contribution >= 0.6 is 0 Å². The number of likely N-dealkylation sites (tertiary alicyclic amines) is 1. The molecule has 3 aromatic carbocycles. The average Bonchev–Trinajstić information content (AvgIpc) is 4.08. The van der Waals surface area contributed by atoms with E-state index < -0.39 is 18.2 Å². The Morgan fingerprint density at radius 3 is 2.02 bits per heavy atom. The molecule has 1 saturated heterocycles. The molecular weight excluding hydrogens is 695 g/mol. The molecule has 4 N–H and O–H groups in total. The van der Waals surface area contributed by atoms with Gasteiger partial charge in [-0.2, -0.15) is 0 Å². The van der Waals surface area contributed by atoms with Crippen molar-refractivity contribution in [3.05, 3.63) is 103 Å². The fourth-order valence-corrected chi connectivity index (χ4v) is 8.99. The number of methoxy groups -OCH3 is 2. The zero-order chi connectivity index (χ0) is 38.1. The van der Waals surface area contributed by atoms with Crippen molar-refractivity contribution in [3.8, 4) is 33.6 Å². The monoisotopic (exact) mass is 741 g/mol. The number of nitrogens with one attached hydrogen (secondary N) is 4. The third kappa shape index (κ3) is 7.26. The number of para-hydroxylation sites is 1. The zero-order valence-corrected chi connectivity index (χ0v) is 31.3. The molecule has 0 spiro atoms. The number of rotatable bonds is 11. The van der Waals surface area contributed by atoms with E-state index in [0.29, 0.717) is 24.2 Å². The van der Waals surface area contributed by atoms with E-state index in [1.54, 1.807) is 18.0 Å². The standard InChI is InChI=1S/C43H47N7O5/c1-25(54-2)38(49-43(53)55-3)42(52)50-21-7-10-35(50)39-44-23-33(47-39)28-15-11-26(12-16-28)27-13-17-29(18-14-27)34-24-45-40(48-34)36-30-19-20-31(22-30)37(36)41(51)46-32-8-5-4-6-9-32/h4-6,8-9,11-18,23-25,30-31,35-38H,7,10,19-22H2,1-3H3,(H,44,47)(H,45,48)(H,46,51)(H,49,53)/t25-,30?,31?,35?,36+,37+,38+/m1/s1. The summed E-state index contributed by atoms with van der Waals surface area (Å²) < 4.78 is 10.2. The second-order valence-corrected chi connectivity index (χ2v) is 15.0. The average molecular weight is 742 g/mol. The van der Waals surface area contributed by atoms with Gasteiger partial charge in [-0.3, -0.25) is 9.59 Å². The molecule has 3 fully saturated rings. The van der Waals surface area contributed by atoms with Crippen LogP contribution < -0.4 is 10.6 Å². The predicted octanol–water partition coefficient (Wildman–Crippen LogP) is 7.33. The van der Waals surface area contributed by atoms with Crippen LogP contribution in [0.4, 0.5) is 10.5 Å². The van der Waals surface area contributed by atoms with Crippen molar-refractivity contribution in [3.63, 3.8) is 0 Å². The normalized spacial score (nSPS) is 22.7. The van der Waals surface area contributed by atoms with E-state index in [9.17, 15) is 14.4 Å². The van der Waals surface area contributed by atoms with E-state index >= 15 is 0 Å². The molecule has 7 atom stereocenters. The van der Waals surface area contributed by atoms with Gasteiger partial charge in [0.25, 0.3) is 0 Å². The predicted molar refractivity (Wildman–Crippen MR) is 209 cm³/mol. The van der Waals surface area contributed by atoms with E-state index in [1.165, 1.54) is 14.2 Å². The first-order valence-electron chi connectivity index (χ1n) is 19.2. The van der Waals surface area contributed by atoms with Gasteiger partial charge in [-0.1, -0.05) is 66.7 Å². The number of benzene rings is 3. The minimum atomic E-state index is -0.883. The Kier molecular flexibility index (Phi) is 10.2. The number of aromatic amines is 2. The van der Waals surface area contributed by atoms with Gasteiger partial charge in [-0.05, 0) is 85.3 Å². The fraction of sp³-hybridized carbons (Fsp3) is 0.372. The number of hydrogen-bond acceptors (Lipinski definition) is 7. The van der Waals surface area contributed by atoms with Crippen LogP contribution in [-0.2, 0) is 19.1 Å². The highest BCUT2D eigenvalue weighted by atomic mass is 16.5. The third-order valence-corrected chi connectivity index (χ3v) is 11.9. The highest BCUT2D eigenvalue weighted by Crippen LogP contribution is 2.56. The number of carbonyl (C=O) groups excluding carboxylic acids is 3. The number of carbonyl (C=O) groups is 3. The molecule has 8 rings (SSSR count). The fourth-order valence-electron chi connectivity index (χ4n) is 8.99. The number of imidazole rings is 2. The number of alkyl carbamates (subject to hydrolysis) is 1. The molecule has 12 nitrogen and oxygen atoms in total. The number of fused-ring (bicyclic) bond motifs is 2. The maximum absolute atomic E-state index is 13.6. The smallest absolute Gasteiger partial charge is 0.407 e. The van der Waals surface area contributed by atoms with Crippen molar-refractivity contribution in [2.45, 2.75) is 63.1 Å². The van der Waals surface area contributed by atoms with Gasteiger partial charge in [-0.25, -0.2) is 14.8 Å². The summed E-state index contributed by atoms with van der Waals surface area (Å²) in [6, 6.07) is 25.3. The molecule has 2 aliphatic carbocycles. The lowest BCUT2D eigenvalue weighted by Gasteiger charge is -2.30. The van der Waals surface area contributed by atoms with Crippen molar-refractivity contribution < 1.29 is 23.9 Å². The van der Waals surface area contributed by atoms with Gasteiger partial charge in [0, 0.05) is 25.3 Å². The number of H-pyrrole nitrogens is 2. The van der Waals surface area contributed by atoms with Crippen molar-refractivity contribution in [1.29, 1.82) is 0 Å². The molecule has 3 amide bonds. The number of nitrogens with zero attached hydrogens (tertiary/aromatic N) is 3. The van der Waals surface area contributed by atoms with Gasteiger partial charge in [-0.15, -0.1) is 0 Å². The molecule has 2 aromatic heterocycles. The molecule has 2 bridgehead atoms. The van der Waals surface area contributed by atoms with Crippen LogP contribution in [-0.4, -0.2) is 75.7 Å². The summed E-state index contributed by atoms with van der Waals surface area (Å²) in [6.07, 6.45) is 7.37. The summed E-state index contributed by atoms with van der Waals surface area (Å²) in [5.41, 5.74) is 6.83. The molecule has 3 aliphatic rings. The maximum atomic E-state index is 13.6. The van der Waals surface area contributed by atoms with Crippen LogP contribution in [0.1, 0.15) is 62.6 Å². The molecule has 5 aromatic rings. The maximum Gasteiger partial charge on any atom is 0.407 e. The highest BCUT2D eigenvalue weighted by molar-refractivity contribution is 5.93. The number of hydrogen-bond donors (Lipinski definition) is 4. The van der Waals surface area contributed by atoms with Crippen molar-refractivity contribution in [2.24, 2.45) is 17.8 Å². The molecule has 3 unspecified atom stereocenters. The second-order valence-electron chi connectivity index (χ2n) is 15.0. The molecule has 3 heterocycles. The van der Waals surface area contributed by atoms with E-state index in [1.807, 2.05) is 36.5 Å². The molecule has 1 aliphatic heterocycles. The minimum absolute atomic E-state index is 0.0853. The zero-order valence-electron chi connectivity index (χ0n) is 31.3. The van der Waals surface area contributed by atoms with Crippen LogP contribution in [0.2, 0.25) is 0 Å². The summed E-state index contributed by atoms with van der Waals surface area (Å²) in [5, 5.41) is 5.79. The molecule has 55 heavy (non-hydrogen) atoms. The lowest BCUT2D eigenvalue weighted by Crippen LogP contribution is -2.54. The van der Waals surface area contributed by atoms with Crippen LogP contribution in [0.15, 0.2) is 91.3 Å². The van der Waals surface area contributed by atoms with Crippen LogP contribution in [0.5, 0.6) is 0 Å². The summed E-state index contributed by atoms with van der Waals surface area (Å²) in [7, 11) is 2.77. The van der Waals surface area contributed by atoms with Crippen LogP contribution in [0.25, 0.3) is 33.6 Å². The number of anilines is 1. The summed E-state index contributed by atoms with van der Waals surface area (Å²) >= 11 is 0. The van der Waals surface area contributed by atoms with Crippen molar-refractivity contribution in [1.82, 2.24) is 30.2 Å². The molecule has 0 radical (unpaired) electrons. The summed E-state index contributed by atoms with van der Waals surface area (Å²) in [5.74, 6) is 2.33. The van der Waals surface area contributed by atoms with Crippen LogP contribution in [0.3, 0.4) is 0 Å². The summed E-state index contributed by atoms with van der Waals surface area (Å²) in [4.78, 5) is 57.4. The van der Waals surface area contributed by atoms with E-state index in [4.69, 9.17) is 14.5 Å². The molecule has 284 valence electrons. The van der Waals surface area contributed by atoms with Gasteiger partial charge in [0.2, 0.25) is 11.8 Å². The first-order chi connectivity index (χ1) is 26.8. The van der Waals surface area contributed by atoms with Crippen molar-refractivity contribution >= 4 is 23.6 Å². The first-order valence-corrected chi connectivity index (χ1v) is 19.2. The van der Waals surface area contributed by atoms with Gasteiger partial charge in [0.15, 0.2) is 0 Å². The van der Waals surface area contributed by atoms with Gasteiger partial charge >= 0.3 is 6.09 Å². The topological polar surface area (TPSA) is 154 Å². The van der Waals surface area contributed by atoms with Crippen molar-refractivity contribution in [2.75, 3.05) is 26.1 Å². The van der Waals surface area contributed by atoms with E-state index in [2.05, 4.69) is 74.1 Å². The van der Waals surface area contributed by atoms with Gasteiger partial charge < -0.3 is 35.0 Å². The molecule has 2 saturated carbocycles. The third-order valence-electron chi connectivity index (χ3n) is 11.9. The Bertz CT molecular complexity index is 2130.